The highest BCUT2D eigenvalue weighted by molar-refractivity contribution is 7.86. The predicted molar refractivity (Wildman–Crippen MR) is 56.7 cm³/mol. The molecule has 2 aliphatic carbocycles. The topological polar surface area (TPSA) is 63.6 Å². The van der Waals surface area contributed by atoms with Crippen LogP contribution in [0.15, 0.2) is 0 Å². The summed E-state index contributed by atoms with van der Waals surface area (Å²) in [5.41, 5.74) is 0. The van der Waals surface area contributed by atoms with Crippen molar-refractivity contribution >= 4 is 10.1 Å². The van der Waals surface area contributed by atoms with E-state index in [1.807, 2.05) is 0 Å². The third kappa shape index (κ3) is 2.77. The fourth-order valence-corrected chi connectivity index (χ4v) is 3.47. The highest BCUT2D eigenvalue weighted by Crippen LogP contribution is 2.48. The van der Waals surface area contributed by atoms with Crippen molar-refractivity contribution < 1.29 is 39.7 Å². The van der Waals surface area contributed by atoms with Gasteiger partial charge in [-0.05, 0) is 37.5 Å². The van der Waals surface area contributed by atoms with E-state index < -0.39 is 33.8 Å². The molecule has 0 spiro atoms. The first-order chi connectivity index (χ1) is 8.93. The Balaban J connectivity index is 2.21. The molecule has 2 aliphatic rings. The van der Waals surface area contributed by atoms with E-state index in [0.717, 1.165) is 6.42 Å². The highest BCUT2D eigenvalue weighted by Gasteiger charge is 2.65. The van der Waals surface area contributed by atoms with Crippen LogP contribution in [0, 0.1) is 11.8 Å². The van der Waals surface area contributed by atoms with Gasteiger partial charge in [-0.25, -0.2) is 0 Å². The van der Waals surface area contributed by atoms with Crippen LogP contribution >= 0.6 is 0 Å². The van der Waals surface area contributed by atoms with Gasteiger partial charge in [-0.3, -0.25) is 4.55 Å². The average molecular weight is 324 g/mol. The van der Waals surface area contributed by atoms with Gasteiger partial charge in [-0.1, -0.05) is 0 Å². The summed E-state index contributed by atoms with van der Waals surface area (Å²) in [6.07, 6.45) is -8.29. The van der Waals surface area contributed by atoms with Crippen molar-refractivity contribution in [1.82, 2.24) is 0 Å². The fourth-order valence-electron chi connectivity index (χ4n) is 3.01. The van der Waals surface area contributed by atoms with E-state index in [2.05, 4.69) is 4.74 Å². The molecule has 2 bridgehead atoms. The molecular weight excluding hydrogens is 311 g/mol. The Kier molecular flexibility index (Phi) is 3.79. The van der Waals surface area contributed by atoms with Crippen LogP contribution in [0.2, 0.25) is 0 Å². The number of fused-ring (bicyclic) bond motifs is 2. The third-order valence-corrected chi connectivity index (χ3v) is 4.83. The van der Waals surface area contributed by atoms with Crippen LogP contribution in [0.5, 0.6) is 0 Å². The van der Waals surface area contributed by atoms with Crippen molar-refractivity contribution in [3.8, 4) is 0 Å². The number of ether oxygens (including phenoxy) is 1. The number of hydrogen-bond acceptors (Lipinski definition) is 3. The van der Waals surface area contributed by atoms with Gasteiger partial charge in [0.2, 0.25) is 6.10 Å². The maximum atomic E-state index is 13.3. The first-order valence-corrected chi connectivity index (χ1v) is 7.44. The Morgan fingerprint density at radius 1 is 1.10 bits per heavy atom. The lowest BCUT2D eigenvalue weighted by Gasteiger charge is -2.32. The SMILES string of the molecule is O=S(=O)(O)C(F)(F)C(OC1CC2CCC1C2)C(F)(F)F. The van der Waals surface area contributed by atoms with Crippen LogP contribution in [0.3, 0.4) is 0 Å². The van der Waals surface area contributed by atoms with Crippen LogP contribution in [0.1, 0.15) is 25.7 Å². The van der Waals surface area contributed by atoms with Crippen LogP contribution in [-0.2, 0) is 14.9 Å². The average Bonchev–Trinajstić information content (AvgIpc) is 2.83. The Hall–Kier alpha value is -0.480. The Morgan fingerprint density at radius 2 is 1.70 bits per heavy atom. The van der Waals surface area contributed by atoms with E-state index in [9.17, 15) is 30.4 Å². The summed E-state index contributed by atoms with van der Waals surface area (Å²) in [7, 11) is -6.22. The van der Waals surface area contributed by atoms with Gasteiger partial charge >= 0.3 is 21.5 Å². The summed E-state index contributed by atoms with van der Waals surface area (Å²) in [5, 5.41) is -5.42. The summed E-state index contributed by atoms with van der Waals surface area (Å²) in [4.78, 5) is 0. The molecule has 118 valence electrons. The third-order valence-electron chi connectivity index (χ3n) is 3.93. The van der Waals surface area contributed by atoms with Crippen molar-refractivity contribution in [2.75, 3.05) is 0 Å². The standard InChI is InChI=1S/C10H13F5O4S/c11-9(12,13)8(10(14,15)20(16,17)18)19-7-4-5-1-2-6(7)3-5/h5-8H,1-4H2,(H,16,17,18). The first-order valence-electron chi connectivity index (χ1n) is 6.00. The maximum Gasteiger partial charge on any atom is 0.421 e. The minimum Gasteiger partial charge on any atom is -0.359 e. The quantitative estimate of drug-likeness (QED) is 0.638. The lowest BCUT2D eigenvalue weighted by atomic mass is 9.97. The van der Waals surface area contributed by atoms with E-state index in [0.29, 0.717) is 12.8 Å². The molecule has 0 aromatic rings. The Bertz CT molecular complexity index is 475. The molecule has 0 heterocycles. The van der Waals surface area contributed by atoms with Gasteiger partial charge < -0.3 is 4.74 Å². The van der Waals surface area contributed by atoms with Gasteiger partial charge in [0.25, 0.3) is 0 Å². The van der Waals surface area contributed by atoms with E-state index in [-0.39, 0.29) is 18.3 Å². The van der Waals surface area contributed by atoms with Gasteiger partial charge in [-0.2, -0.15) is 30.4 Å². The van der Waals surface area contributed by atoms with Crippen LogP contribution in [0.25, 0.3) is 0 Å². The number of hydrogen-bond donors (Lipinski definition) is 1. The summed E-state index contributed by atoms with van der Waals surface area (Å²) in [6.45, 7) is 0. The van der Waals surface area contributed by atoms with Crippen molar-refractivity contribution in [2.45, 2.75) is 49.3 Å². The number of halogens is 5. The molecule has 2 fully saturated rings. The van der Waals surface area contributed by atoms with E-state index >= 15 is 0 Å². The molecule has 10 heteroatoms. The summed E-state index contributed by atoms with van der Waals surface area (Å²) < 4.78 is 98.3. The molecular formula is C10H13F5O4S. The van der Waals surface area contributed by atoms with Gasteiger partial charge in [0.1, 0.15) is 0 Å². The monoisotopic (exact) mass is 324 g/mol. The van der Waals surface area contributed by atoms with Gasteiger partial charge in [0, 0.05) is 0 Å². The lowest BCUT2D eigenvalue weighted by molar-refractivity contribution is -0.280. The molecule has 20 heavy (non-hydrogen) atoms. The number of alkyl halides is 5. The molecule has 4 atom stereocenters. The molecule has 4 unspecified atom stereocenters. The molecule has 0 aromatic heterocycles. The summed E-state index contributed by atoms with van der Waals surface area (Å²) in [6, 6.07) is 0. The van der Waals surface area contributed by atoms with Crippen molar-refractivity contribution in [3.63, 3.8) is 0 Å². The van der Waals surface area contributed by atoms with Gasteiger partial charge in [0.05, 0.1) is 6.10 Å². The van der Waals surface area contributed by atoms with Crippen LogP contribution < -0.4 is 0 Å². The highest BCUT2D eigenvalue weighted by atomic mass is 32.2. The van der Waals surface area contributed by atoms with E-state index in [4.69, 9.17) is 4.55 Å². The Morgan fingerprint density at radius 3 is 2.05 bits per heavy atom. The van der Waals surface area contributed by atoms with Crippen molar-refractivity contribution in [2.24, 2.45) is 11.8 Å². The molecule has 0 amide bonds. The molecule has 1 N–H and O–H groups in total. The van der Waals surface area contributed by atoms with Crippen molar-refractivity contribution in [3.05, 3.63) is 0 Å². The summed E-state index contributed by atoms with van der Waals surface area (Å²) >= 11 is 0. The molecule has 0 aromatic carbocycles. The zero-order valence-corrected chi connectivity index (χ0v) is 10.9. The molecule has 2 rings (SSSR count). The van der Waals surface area contributed by atoms with Gasteiger partial charge in [0.15, 0.2) is 0 Å². The predicted octanol–water partition coefficient (Wildman–Crippen LogP) is 2.60. The van der Waals surface area contributed by atoms with E-state index in [1.54, 1.807) is 0 Å². The second-order valence-electron chi connectivity index (χ2n) is 5.31. The number of rotatable bonds is 4. The maximum absolute atomic E-state index is 13.3. The normalized spacial score (nSPS) is 32.6. The molecule has 0 saturated heterocycles. The zero-order chi connectivity index (χ0) is 15.3. The lowest BCUT2D eigenvalue weighted by Crippen LogP contribution is -2.53. The van der Waals surface area contributed by atoms with E-state index in [1.165, 1.54) is 0 Å². The van der Waals surface area contributed by atoms with Gasteiger partial charge in [-0.15, -0.1) is 0 Å². The van der Waals surface area contributed by atoms with Crippen molar-refractivity contribution in [1.29, 1.82) is 0 Å². The zero-order valence-electron chi connectivity index (χ0n) is 10.1. The van der Waals surface area contributed by atoms with Crippen LogP contribution in [0.4, 0.5) is 22.0 Å². The second-order valence-corrected chi connectivity index (χ2v) is 6.80. The minimum atomic E-state index is -6.22. The largest absolute Gasteiger partial charge is 0.421 e. The summed E-state index contributed by atoms with van der Waals surface area (Å²) in [5.74, 6) is -0.125. The molecule has 2 saturated carbocycles. The van der Waals surface area contributed by atoms with Crippen LogP contribution in [-0.4, -0.2) is 36.6 Å². The second kappa shape index (κ2) is 4.77. The first kappa shape index (κ1) is 15.9. The minimum absolute atomic E-state index is 0.137. The molecule has 4 nitrogen and oxygen atoms in total. The molecule has 0 radical (unpaired) electrons. The molecule has 0 aliphatic heterocycles. The smallest absolute Gasteiger partial charge is 0.359 e. The fraction of sp³-hybridized carbons (Fsp3) is 1.00. The Labute approximate surface area is 112 Å².